The maximum absolute atomic E-state index is 17.2. The second-order valence-corrected chi connectivity index (χ2v) is 15.2. The molecule has 4 saturated heterocycles. The summed E-state index contributed by atoms with van der Waals surface area (Å²) in [5.41, 5.74) is 0.847. The Balaban J connectivity index is 1.13. The minimum atomic E-state index is -1.18. The van der Waals surface area contributed by atoms with E-state index in [0.29, 0.717) is 29.9 Å². The highest BCUT2D eigenvalue weighted by molar-refractivity contribution is 6.00. The molecule has 54 heavy (non-hydrogen) atoms. The number of halogens is 4. The molecule has 4 atom stereocenters. The molecule has 1 amide bonds. The number of amides is 1. The van der Waals surface area contributed by atoms with Crippen LogP contribution in [0.2, 0.25) is 0 Å². The van der Waals surface area contributed by atoms with Crippen molar-refractivity contribution in [3.05, 3.63) is 89.1 Å². The number of rotatable bonds is 8. The summed E-state index contributed by atoms with van der Waals surface area (Å²) >= 11 is 0. The van der Waals surface area contributed by atoms with Crippen LogP contribution in [0, 0.1) is 23.3 Å². The Morgan fingerprint density at radius 1 is 1.00 bits per heavy atom. The van der Waals surface area contributed by atoms with E-state index in [0.717, 1.165) is 61.6 Å². The number of anilines is 1. The average Bonchev–Trinajstić information content (AvgIpc) is 3.85. The van der Waals surface area contributed by atoms with E-state index in [1.807, 2.05) is 12.1 Å². The lowest BCUT2D eigenvalue weighted by molar-refractivity contribution is 0.0845. The van der Waals surface area contributed by atoms with Gasteiger partial charge in [-0.05, 0) is 91.9 Å². The first-order valence-corrected chi connectivity index (χ1v) is 18.4. The van der Waals surface area contributed by atoms with E-state index < -0.39 is 23.5 Å². The molecule has 0 spiro atoms. The lowest BCUT2D eigenvalue weighted by Crippen LogP contribution is -2.51. The Bertz CT molecular complexity index is 2280. The third kappa shape index (κ3) is 5.95. The quantitative estimate of drug-likeness (QED) is 0.160. The smallest absolute Gasteiger partial charge is 0.407 e. The molecule has 4 aliphatic heterocycles. The van der Waals surface area contributed by atoms with E-state index in [-0.39, 0.29) is 76.2 Å². The summed E-state index contributed by atoms with van der Waals surface area (Å²) in [5, 5.41) is 13.6. The highest BCUT2D eigenvalue weighted by Crippen LogP contribution is 2.49. The van der Waals surface area contributed by atoms with E-state index in [1.165, 1.54) is 37.5 Å². The van der Waals surface area contributed by atoms with Gasteiger partial charge in [-0.1, -0.05) is 18.2 Å². The maximum atomic E-state index is 17.2. The van der Waals surface area contributed by atoms with Gasteiger partial charge >= 0.3 is 12.1 Å². The number of piperazine rings is 1. The minimum Gasteiger partial charge on any atom is -0.465 e. The number of aromatic nitrogens is 3. The average molecular weight is 742 g/mol. The zero-order chi connectivity index (χ0) is 37.3. The number of ether oxygens (including phenoxy) is 1. The van der Waals surface area contributed by atoms with Gasteiger partial charge in [-0.15, -0.1) is 0 Å². The van der Waals surface area contributed by atoms with Crippen molar-refractivity contribution >= 4 is 33.6 Å². The first-order chi connectivity index (χ1) is 26.1. The normalized spacial score (nSPS) is 23.7. The van der Waals surface area contributed by atoms with Gasteiger partial charge in [0, 0.05) is 62.0 Å². The van der Waals surface area contributed by atoms with Crippen molar-refractivity contribution < 1.29 is 32.2 Å². The summed E-state index contributed by atoms with van der Waals surface area (Å²) in [6.45, 7) is 2.36. The predicted molar refractivity (Wildman–Crippen MR) is 194 cm³/mol. The van der Waals surface area contributed by atoms with Crippen LogP contribution in [0.3, 0.4) is 0 Å². The molecule has 9 rings (SSSR count). The van der Waals surface area contributed by atoms with Crippen LogP contribution in [0.25, 0.3) is 32.9 Å². The first kappa shape index (κ1) is 34.7. The molecule has 0 aliphatic carbocycles. The first-order valence-electron chi connectivity index (χ1n) is 18.4. The number of carbonyl (C=O) groups is 1. The van der Waals surface area contributed by atoms with Gasteiger partial charge in [0.25, 0.3) is 0 Å². The van der Waals surface area contributed by atoms with Crippen LogP contribution in [-0.2, 0) is 6.54 Å². The van der Waals surface area contributed by atoms with Crippen LogP contribution in [0.1, 0.15) is 55.7 Å². The van der Waals surface area contributed by atoms with Gasteiger partial charge in [0.05, 0.1) is 10.9 Å². The van der Waals surface area contributed by atoms with Crippen molar-refractivity contribution in [3.8, 4) is 17.3 Å². The second kappa shape index (κ2) is 13.3. The number of pyridine rings is 1. The van der Waals surface area contributed by atoms with Crippen molar-refractivity contribution in [2.75, 3.05) is 38.2 Å². The van der Waals surface area contributed by atoms with Crippen LogP contribution < -0.4 is 15.0 Å². The zero-order valence-electron chi connectivity index (χ0n) is 29.7. The molecule has 2 aromatic heterocycles. The van der Waals surface area contributed by atoms with E-state index in [1.54, 1.807) is 6.07 Å². The summed E-state index contributed by atoms with van der Waals surface area (Å²) < 4.78 is 67.6. The molecule has 2 N–H and O–H groups in total. The Kier molecular flexibility index (Phi) is 8.57. The largest absolute Gasteiger partial charge is 0.465 e. The van der Waals surface area contributed by atoms with Crippen LogP contribution in [-0.4, -0.2) is 86.9 Å². The third-order valence-electron chi connectivity index (χ3n) is 11.9. The maximum Gasteiger partial charge on any atom is 0.407 e. The van der Waals surface area contributed by atoms with E-state index in [4.69, 9.17) is 9.72 Å². The van der Waals surface area contributed by atoms with Gasteiger partial charge in [-0.25, -0.2) is 22.4 Å². The number of carboxylic acid groups (broad SMARTS) is 1. The standard InChI is InChI=1S/C40H39F4N7O3/c1-49(39(52)53)18-22-15-24-5-10-30(42)33(43)32(24)28(16-22)35-34(44)36-29(17-45-35)37(50-19-26-8-9-27(20-50)46-26)48-38(47-36)54-21-40-12-2-14-51(40)31(11-13-40)23-3-6-25(41)7-4-23/h3-7,10,15-17,26-27,31,46H,2,8-9,11-14,18-21H2,1H3,(H,52,53)/t26-,27+,31?,40?. The van der Waals surface area contributed by atoms with Gasteiger partial charge in [0.15, 0.2) is 17.5 Å². The van der Waals surface area contributed by atoms with E-state index in [2.05, 4.69) is 25.1 Å². The Labute approximate surface area is 308 Å². The fraction of sp³-hybridized carbons (Fsp3) is 0.400. The third-order valence-corrected chi connectivity index (χ3v) is 11.9. The summed E-state index contributed by atoms with van der Waals surface area (Å²) in [7, 11) is 1.38. The van der Waals surface area contributed by atoms with E-state index in [9.17, 15) is 18.7 Å². The van der Waals surface area contributed by atoms with Gasteiger partial charge in [0.2, 0.25) is 0 Å². The summed E-state index contributed by atoms with van der Waals surface area (Å²) in [4.78, 5) is 31.3. The monoisotopic (exact) mass is 741 g/mol. The van der Waals surface area contributed by atoms with Crippen LogP contribution in [0.5, 0.6) is 6.01 Å². The molecule has 14 heteroatoms. The molecular weight excluding hydrogens is 702 g/mol. The zero-order valence-corrected chi connectivity index (χ0v) is 29.7. The van der Waals surface area contributed by atoms with Gasteiger partial charge in [-0.3, -0.25) is 9.88 Å². The Morgan fingerprint density at radius 3 is 2.54 bits per heavy atom. The molecule has 4 aliphatic rings. The number of hydrogen-bond donors (Lipinski definition) is 2. The number of fused-ring (bicyclic) bond motifs is 5. The van der Waals surface area contributed by atoms with Gasteiger partial charge in [0.1, 0.15) is 29.5 Å². The molecule has 0 radical (unpaired) electrons. The van der Waals surface area contributed by atoms with Crippen molar-refractivity contribution in [2.45, 2.75) is 68.7 Å². The second-order valence-electron chi connectivity index (χ2n) is 15.2. The highest BCUT2D eigenvalue weighted by atomic mass is 19.2. The topological polar surface area (TPSA) is 107 Å². The SMILES string of the molecule is CN(Cc1cc(-c2ncc3c(N4C[C@H]5CC[C@@H](C4)N5)nc(OCC45CCCN4C(c4ccc(F)cc4)CC5)nc3c2F)c2c(F)c(F)ccc2c1)C(=O)O. The van der Waals surface area contributed by atoms with Crippen LogP contribution in [0.4, 0.5) is 28.2 Å². The molecule has 5 aromatic rings. The molecule has 3 aromatic carbocycles. The summed E-state index contributed by atoms with van der Waals surface area (Å²) in [6, 6.07) is 12.6. The van der Waals surface area contributed by atoms with Crippen LogP contribution >= 0.6 is 0 Å². The number of hydrogen-bond acceptors (Lipinski definition) is 8. The molecule has 280 valence electrons. The predicted octanol–water partition coefficient (Wildman–Crippen LogP) is 7.20. The van der Waals surface area contributed by atoms with Gasteiger partial charge < -0.3 is 25.0 Å². The lowest BCUT2D eigenvalue weighted by Gasteiger charge is -2.35. The Morgan fingerprint density at radius 2 is 1.78 bits per heavy atom. The van der Waals surface area contributed by atoms with Crippen molar-refractivity contribution in [2.24, 2.45) is 0 Å². The van der Waals surface area contributed by atoms with Crippen molar-refractivity contribution in [1.29, 1.82) is 0 Å². The van der Waals surface area contributed by atoms with Crippen molar-refractivity contribution in [3.63, 3.8) is 0 Å². The molecule has 10 nitrogen and oxygen atoms in total. The number of nitrogens with zero attached hydrogens (tertiary/aromatic N) is 6. The highest BCUT2D eigenvalue weighted by Gasteiger charge is 2.50. The fourth-order valence-corrected chi connectivity index (χ4v) is 9.30. The minimum absolute atomic E-state index is 0.00445. The lowest BCUT2D eigenvalue weighted by atomic mass is 9.95. The molecule has 0 saturated carbocycles. The van der Waals surface area contributed by atoms with Crippen LogP contribution in [0.15, 0.2) is 54.7 Å². The summed E-state index contributed by atoms with van der Waals surface area (Å²) in [5.74, 6) is -2.92. The number of benzene rings is 3. The van der Waals surface area contributed by atoms with Crippen molar-refractivity contribution in [1.82, 2.24) is 30.1 Å². The molecule has 2 bridgehead atoms. The van der Waals surface area contributed by atoms with E-state index >= 15 is 8.78 Å². The molecular formula is C40H39F4N7O3. The molecule has 6 heterocycles. The van der Waals surface area contributed by atoms with Gasteiger partial charge in [-0.2, -0.15) is 9.97 Å². The number of nitrogens with one attached hydrogen (secondary N) is 1. The molecule has 2 unspecified atom stereocenters. The summed E-state index contributed by atoms with van der Waals surface area (Å²) in [6.07, 6.45) is 5.94. The Hall–Kier alpha value is -5.08. The fourth-order valence-electron chi connectivity index (χ4n) is 9.30. The molecule has 4 fully saturated rings.